The minimum atomic E-state index is 0.0306. The van der Waals surface area contributed by atoms with Gasteiger partial charge in [-0.05, 0) is 44.9 Å². The Hall–Kier alpha value is -0.550. The molecule has 2 unspecified atom stereocenters. The smallest absolute Gasteiger partial charge is 0.233 e. The Morgan fingerprint density at radius 2 is 2.33 bits per heavy atom. The summed E-state index contributed by atoms with van der Waals surface area (Å²) in [7, 11) is 0. The molecule has 0 aliphatic carbocycles. The van der Waals surface area contributed by atoms with Crippen molar-refractivity contribution in [2.24, 2.45) is 0 Å². The first-order chi connectivity index (χ1) is 8.78. The number of rotatable bonds is 2. The third-order valence-corrected chi connectivity index (χ3v) is 5.40. The number of nitrogens with zero attached hydrogens (tertiary/aromatic N) is 2. The highest BCUT2D eigenvalue weighted by molar-refractivity contribution is 7.99. The highest BCUT2D eigenvalue weighted by Crippen LogP contribution is 2.38. The summed E-state index contributed by atoms with van der Waals surface area (Å²) in [6.45, 7) is 4.28. The Labute approximate surface area is 112 Å². The average Bonchev–Trinajstić information content (AvgIpc) is 2.91. The molecule has 4 nitrogen and oxygen atoms in total. The predicted octanol–water partition coefficient (Wildman–Crippen LogP) is 2.67. The summed E-state index contributed by atoms with van der Waals surface area (Å²) in [6.07, 6.45) is 6.14. The normalized spacial score (nSPS) is 33.5. The zero-order valence-electron chi connectivity index (χ0n) is 10.9. The van der Waals surface area contributed by atoms with Gasteiger partial charge in [0.15, 0.2) is 5.82 Å². The van der Waals surface area contributed by atoms with Crippen LogP contribution in [0.2, 0.25) is 0 Å². The quantitative estimate of drug-likeness (QED) is 0.892. The fourth-order valence-corrected chi connectivity index (χ4v) is 4.03. The predicted molar refractivity (Wildman–Crippen MR) is 72.8 cm³/mol. The summed E-state index contributed by atoms with van der Waals surface area (Å²) in [5.41, 5.74) is 0.0306. The summed E-state index contributed by atoms with van der Waals surface area (Å²) in [5, 5.41) is 8.11. The Balaban J connectivity index is 1.75. The molecule has 2 atom stereocenters. The molecule has 0 amide bonds. The Morgan fingerprint density at radius 3 is 3.06 bits per heavy atom. The molecule has 0 aromatic carbocycles. The molecule has 0 bridgehead atoms. The maximum atomic E-state index is 5.55. The van der Waals surface area contributed by atoms with Gasteiger partial charge in [0, 0.05) is 6.54 Å². The molecule has 0 saturated carbocycles. The second kappa shape index (κ2) is 5.21. The van der Waals surface area contributed by atoms with Crippen LogP contribution in [-0.2, 0) is 5.41 Å². The molecular weight excluding hydrogens is 246 g/mol. The first-order valence-electron chi connectivity index (χ1n) is 6.94. The second-order valence-corrected chi connectivity index (χ2v) is 6.96. The summed E-state index contributed by atoms with van der Waals surface area (Å²) < 4.78 is 5.55. The summed E-state index contributed by atoms with van der Waals surface area (Å²) >= 11 is 1.97. The highest BCUT2D eigenvalue weighted by Gasteiger charge is 2.35. The van der Waals surface area contributed by atoms with E-state index in [0.717, 1.165) is 31.2 Å². The van der Waals surface area contributed by atoms with E-state index in [2.05, 4.69) is 17.4 Å². The highest BCUT2D eigenvalue weighted by atomic mass is 32.2. The Kier molecular flexibility index (Phi) is 3.61. The molecule has 5 heteroatoms. The maximum Gasteiger partial charge on any atom is 0.233 e. The van der Waals surface area contributed by atoms with Gasteiger partial charge in [-0.1, -0.05) is 11.6 Å². The zero-order chi connectivity index (χ0) is 12.4. The van der Waals surface area contributed by atoms with Gasteiger partial charge in [-0.15, -0.1) is 0 Å². The number of piperidine rings is 1. The molecule has 100 valence electrons. The van der Waals surface area contributed by atoms with Crippen molar-refractivity contribution < 1.29 is 4.52 Å². The number of nitrogens with one attached hydrogen (secondary N) is 1. The van der Waals surface area contributed by atoms with Gasteiger partial charge in [-0.25, -0.2) is 0 Å². The van der Waals surface area contributed by atoms with Gasteiger partial charge in [0.1, 0.15) is 0 Å². The molecule has 0 radical (unpaired) electrons. The Bertz CT molecular complexity index is 395. The van der Waals surface area contributed by atoms with E-state index in [0.29, 0.717) is 5.25 Å². The molecule has 2 fully saturated rings. The lowest BCUT2D eigenvalue weighted by Crippen LogP contribution is -2.41. The standard InChI is InChI=1S/C13H21N3OS/c1-13(6-4-7-14-9-13)12-15-11(16-17-12)10-5-2-3-8-18-10/h10,14H,2-9H2,1H3. The molecule has 2 saturated heterocycles. The van der Waals surface area contributed by atoms with Gasteiger partial charge < -0.3 is 9.84 Å². The molecule has 1 aromatic heterocycles. The van der Waals surface area contributed by atoms with Crippen molar-refractivity contribution in [3.05, 3.63) is 11.7 Å². The zero-order valence-corrected chi connectivity index (χ0v) is 11.8. The van der Waals surface area contributed by atoms with Gasteiger partial charge in [0.2, 0.25) is 5.89 Å². The molecule has 2 aliphatic rings. The minimum absolute atomic E-state index is 0.0306. The fraction of sp³-hybridized carbons (Fsp3) is 0.846. The number of thioether (sulfide) groups is 1. The van der Waals surface area contributed by atoms with Crippen LogP contribution in [0.15, 0.2) is 4.52 Å². The van der Waals surface area contributed by atoms with Crippen molar-refractivity contribution in [1.82, 2.24) is 15.5 Å². The molecule has 2 aliphatic heterocycles. The Morgan fingerprint density at radius 1 is 1.39 bits per heavy atom. The van der Waals surface area contributed by atoms with Gasteiger partial charge in [-0.3, -0.25) is 0 Å². The molecule has 1 aromatic rings. The van der Waals surface area contributed by atoms with Crippen molar-refractivity contribution in [3.8, 4) is 0 Å². The van der Waals surface area contributed by atoms with E-state index in [1.807, 2.05) is 11.8 Å². The summed E-state index contributed by atoms with van der Waals surface area (Å²) in [6, 6.07) is 0. The van der Waals surface area contributed by atoms with Crippen molar-refractivity contribution in [2.45, 2.75) is 49.7 Å². The van der Waals surface area contributed by atoms with Gasteiger partial charge in [0.05, 0.1) is 10.7 Å². The van der Waals surface area contributed by atoms with Gasteiger partial charge in [-0.2, -0.15) is 16.7 Å². The van der Waals surface area contributed by atoms with E-state index in [-0.39, 0.29) is 5.41 Å². The summed E-state index contributed by atoms with van der Waals surface area (Å²) in [4.78, 5) is 4.69. The van der Waals surface area contributed by atoms with Crippen molar-refractivity contribution in [3.63, 3.8) is 0 Å². The summed E-state index contributed by atoms with van der Waals surface area (Å²) in [5.74, 6) is 2.98. The van der Waals surface area contributed by atoms with Gasteiger partial charge in [0.25, 0.3) is 0 Å². The molecule has 0 spiro atoms. The van der Waals surface area contributed by atoms with Crippen LogP contribution in [0.5, 0.6) is 0 Å². The van der Waals surface area contributed by atoms with E-state index in [4.69, 9.17) is 9.51 Å². The lowest BCUT2D eigenvalue weighted by atomic mass is 9.83. The van der Waals surface area contributed by atoms with E-state index in [1.54, 1.807) is 0 Å². The van der Waals surface area contributed by atoms with E-state index < -0.39 is 0 Å². The van der Waals surface area contributed by atoms with E-state index >= 15 is 0 Å². The molecule has 3 heterocycles. The molecule has 18 heavy (non-hydrogen) atoms. The minimum Gasteiger partial charge on any atom is -0.339 e. The van der Waals surface area contributed by atoms with E-state index in [1.165, 1.54) is 31.4 Å². The SMILES string of the molecule is CC1(c2nc(C3CCCCS3)no2)CCCNC1. The van der Waals surface area contributed by atoms with Crippen molar-refractivity contribution >= 4 is 11.8 Å². The van der Waals surface area contributed by atoms with Crippen LogP contribution in [0, 0.1) is 0 Å². The van der Waals surface area contributed by atoms with Crippen LogP contribution in [0.25, 0.3) is 0 Å². The third-order valence-electron chi connectivity index (χ3n) is 4.02. The first-order valence-corrected chi connectivity index (χ1v) is 7.99. The molecular formula is C13H21N3OS. The van der Waals surface area contributed by atoms with Crippen LogP contribution in [0.4, 0.5) is 0 Å². The van der Waals surface area contributed by atoms with Crippen LogP contribution >= 0.6 is 11.8 Å². The monoisotopic (exact) mass is 267 g/mol. The first kappa shape index (κ1) is 12.5. The third kappa shape index (κ3) is 2.43. The maximum absolute atomic E-state index is 5.55. The number of aromatic nitrogens is 2. The fourth-order valence-electron chi connectivity index (χ4n) is 2.79. The largest absolute Gasteiger partial charge is 0.339 e. The van der Waals surface area contributed by atoms with Gasteiger partial charge >= 0.3 is 0 Å². The number of hydrogen-bond donors (Lipinski definition) is 1. The van der Waals surface area contributed by atoms with Crippen LogP contribution in [0.3, 0.4) is 0 Å². The lowest BCUT2D eigenvalue weighted by Gasteiger charge is -2.30. The molecule has 3 rings (SSSR count). The topological polar surface area (TPSA) is 51.0 Å². The second-order valence-electron chi connectivity index (χ2n) is 5.65. The van der Waals surface area contributed by atoms with E-state index in [9.17, 15) is 0 Å². The lowest BCUT2D eigenvalue weighted by molar-refractivity contribution is 0.244. The van der Waals surface area contributed by atoms with Crippen molar-refractivity contribution in [2.75, 3.05) is 18.8 Å². The molecule has 1 N–H and O–H groups in total. The van der Waals surface area contributed by atoms with Crippen molar-refractivity contribution in [1.29, 1.82) is 0 Å². The van der Waals surface area contributed by atoms with Crippen LogP contribution in [-0.4, -0.2) is 29.0 Å². The number of hydrogen-bond acceptors (Lipinski definition) is 5. The average molecular weight is 267 g/mol. The van der Waals surface area contributed by atoms with Crippen LogP contribution < -0.4 is 5.32 Å². The van der Waals surface area contributed by atoms with Crippen LogP contribution in [0.1, 0.15) is 56.0 Å².